The highest BCUT2D eigenvalue weighted by atomic mass is 16.3. The molecular formula is C45H28N4O. The van der Waals surface area contributed by atoms with Crippen LogP contribution in [-0.4, -0.2) is 19.5 Å². The van der Waals surface area contributed by atoms with Crippen LogP contribution in [0.25, 0.3) is 94.7 Å². The van der Waals surface area contributed by atoms with Crippen molar-refractivity contribution in [1.29, 1.82) is 0 Å². The Morgan fingerprint density at radius 2 is 1.08 bits per heavy atom. The summed E-state index contributed by atoms with van der Waals surface area (Å²) in [5.74, 6) is 0.0273. The summed E-state index contributed by atoms with van der Waals surface area (Å²) in [6, 6.07) is 9.61. The van der Waals surface area contributed by atoms with E-state index >= 15 is 0 Å². The second-order valence-corrected chi connectivity index (χ2v) is 11.2. The molecule has 0 fully saturated rings. The maximum absolute atomic E-state index is 9.58. The molecule has 0 radical (unpaired) electrons. The van der Waals surface area contributed by atoms with Gasteiger partial charge >= 0.3 is 0 Å². The van der Waals surface area contributed by atoms with Gasteiger partial charge in [-0.3, -0.25) is 0 Å². The number of nitrogens with zero attached hydrogens (tertiary/aromatic N) is 4. The molecule has 0 saturated carbocycles. The van der Waals surface area contributed by atoms with Gasteiger partial charge in [0.05, 0.1) is 33.0 Å². The van der Waals surface area contributed by atoms with Crippen LogP contribution < -0.4 is 0 Å². The number of hydrogen-bond acceptors (Lipinski definition) is 4. The van der Waals surface area contributed by atoms with Gasteiger partial charge in [0.2, 0.25) is 0 Å². The standard InChI is InChI=1S/C45H28N4O/c1-3-11-30(12-4-1)43-46-44(48-45(47-43)33-23-25-37-36-16-8-10-18-41(36)50-42(37)28-33)31-21-19-29(20-22-31)32-24-26-40-38(27-32)35-15-7-9-17-39(35)49(40)34-13-5-2-6-14-34/h1-28H/i2D,5D,6D,7D,9D,13D,14D,15D,17D,19D,20D,21D,22D,24D,26D,27D. The number of fused-ring (bicyclic) bond motifs is 6. The van der Waals surface area contributed by atoms with Crippen molar-refractivity contribution in [3.63, 3.8) is 0 Å². The minimum atomic E-state index is -0.831. The van der Waals surface area contributed by atoms with Crippen molar-refractivity contribution < 1.29 is 26.3 Å². The average molecular weight is 657 g/mol. The Morgan fingerprint density at radius 1 is 0.440 bits per heavy atom. The molecule has 0 aliphatic rings. The second kappa shape index (κ2) is 11.4. The van der Waals surface area contributed by atoms with Crippen LogP contribution >= 0.6 is 0 Å². The number of para-hydroxylation sites is 3. The molecule has 5 heteroatoms. The minimum Gasteiger partial charge on any atom is -0.456 e. The molecule has 3 aromatic heterocycles. The highest BCUT2D eigenvalue weighted by molar-refractivity contribution is 6.10. The lowest BCUT2D eigenvalue weighted by atomic mass is 10.0. The molecule has 5 nitrogen and oxygen atoms in total. The third-order valence-corrected chi connectivity index (χ3v) is 8.27. The van der Waals surface area contributed by atoms with Crippen molar-refractivity contribution in [3.8, 4) is 51.0 Å². The molecule has 3 heterocycles. The molecule has 0 bridgehead atoms. The van der Waals surface area contributed by atoms with Crippen molar-refractivity contribution in [3.05, 3.63) is 169 Å². The summed E-state index contributed by atoms with van der Waals surface area (Å²) >= 11 is 0. The molecule has 0 atom stereocenters. The first-order chi connectivity index (χ1) is 31.4. The number of furan rings is 1. The second-order valence-electron chi connectivity index (χ2n) is 11.2. The number of aromatic nitrogens is 4. The highest BCUT2D eigenvalue weighted by Crippen LogP contribution is 2.36. The van der Waals surface area contributed by atoms with Crippen LogP contribution in [0.2, 0.25) is 0 Å². The van der Waals surface area contributed by atoms with Crippen molar-refractivity contribution in [2.24, 2.45) is 0 Å². The van der Waals surface area contributed by atoms with E-state index in [1.165, 1.54) is 0 Å². The van der Waals surface area contributed by atoms with Gasteiger partial charge in [-0.1, -0.05) is 121 Å². The van der Waals surface area contributed by atoms with Crippen molar-refractivity contribution in [2.75, 3.05) is 0 Å². The summed E-state index contributed by atoms with van der Waals surface area (Å²) in [5, 5.41) is 0.924. The SMILES string of the molecule is [2H]c1c([2H])c([2H])c(-n2c3c([2H])c([2H])c([2H])c([2H])c3c3c([2H])c(-c4c([2H])c([2H])c(-c5nc(-c6ccccc6)nc(-c6ccc7c(c6)oc6ccccc67)n5)c([2H])c4[2H])c([2H])c([2H])c32)c([2H])c1[2H]. The van der Waals surface area contributed by atoms with Crippen LogP contribution in [0.3, 0.4) is 0 Å². The smallest absolute Gasteiger partial charge is 0.164 e. The maximum Gasteiger partial charge on any atom is 0.164 e. The fourth-order valence-electron chi connectivity index (χ4n) is 5.97. The summed E-state index contributed by atoms with van der Waals surface area (Å²) in [6.07, 6.45) is 0. The number of benzene rings is 7. The van der Waals surface area contributed by atoms with Gasteiger partial charge in [-0.05, 0) is 59.5 Å². The molecule has 10 aromatic rings. The summed E-state index contributed by atoms with van der Waals surface area (Å²) in [6.45, 7) is 0. The zero-order valence-corrected chi connectivity index (χ0v) is 25.6. The van der Waals surface area contributed by atoms with Crippen LogP contribution in [0.15, 0.2) is 174 Å². The molecule has 7 aromatic carbocycles. The average Bonchev–Trinajstić information content (AvgIpc) is 3.88. The number of rotatable bonds is 5. The van der Waals surface area contributed by atoms with E-state index in [9.17, 15) is 9.60 Å². The monoisotopic (exact) mass is 656 g/mol. The largest absolute Gasteiger partial charge is 0.456 e. The van der Waals surface area contributed by atoms with Crippen molar-refractivity contribution >= 4 is 43.7 Å². The Labute approximate surface area is 310 Å². The van der Waals surface area contributed by atoms with Crippen molar-refractivity contribution in [1.82, 2.24) is 19.5 Å². The lowest BCUT2D eigenvalue weighted by Crippen LogP contribution is -2.00. The van der Waals surface area contributed by atoms with Gasteiger partial charge in [-0.25, -0.2) is 15.0 Å². The number of hydrogen-bond donors (Lipinski definition) is 0. The van der Waals surface area contributed by atoms with E-state index in [-0.39, 0.29) is 23.0 Å². The molecule has 0 spiro atoms. The molecule has 0 aliphatic heterocycles. The predicted octanol–water partition coefficient (Wildman–Crippen LogP) is 11.5. The third-order valence-electron chi connectivity index (χ3n) is 8.27. The van der Waals surface area contributed by atoms with Crippen LogP contribution in [0.1, 0.15) is 21.9 Å². The molecule has 50 heavy (non-hydrogen) atoms. The van der Waals surface area contributed by atoms with Crippen molar-refractivity contribution in [2.45, 2.75) is 0 Å². The maximum atomic E-state index is 9.58. The van der Waals surface area contributed by atoms with E-state index in [1.54, 1.807) is 42.5 Å². The van der Waals surface area contributed by atoms with E-state index < -0.39 is 135 Å². The Bertz CT molecular complexity index is 3740. The lowest BCUT2D eigenvalue weighted by Gasteiger charge is -2.10. The summed E-state index contributed by atoms with van der Waals surface area (Å²) in [5.41, 5.74) is -0.822. The Kier molecular flexibility index (Phi) is 3.76. The van der Waals surface area contributed by atoms with Gasteiger partial charge in [0.15, 0.2) is 17.5 Å². The van der Waals surface area contributed by atoms with Gasteiger partial charge in [-0.2, -0.15) is 0 Å². The van der Waals surface area contributed by atoms with Gasteiger partial charge in [-0.15, -0.1) is 0 Å². The first-order valence-corrected chi connectivity index (χ1v) is 15.4. The van der Waals surface area contributed by atoms with E-state index in [4.69, 9.17) is 21.7 Å². The summed E-state index contributed by atoms with van der Waals surface area (Å²) in [4.78, 5) is 14.0. The fourth-order valence-corrected chi connectivity index (χ4v) is 5.97. The van der Waals surface area contributed by atoms with Gasteiger partial charge in [0.1, 0.15) is 11.2 Å². The van der Waals surface area contributed by atoms with Crippen LogP contribution in [0.4, 0.5) is 0 Å². The molecule has 0 unspecified atom stereocenters. The minimum absolute atomic E-state index is 0.119. The summed E-state index contributed by atoms with van der Waals surface area (Å²) < 4.78 is 150. The van der Waals surface area contributed by atoms with Crippen LogP contribution in [0.5, 0.6) is 0 Å². The van der Waals surface area contributed by atoms with Gasteiger partial charge in [0, 0.05) is 43.9 Å². The molecule has 0 N–H and O–H groups in total. The Balaban J connectivity index is 1.24. The molecular weight excluding hydrogens is 613 g/mol. The molecule has 0 aliphatic carbocycles. The van der Waals surface area contributed by atoms with Crippen LogP contribution in [0, 0.1) is 0 Å². The van der Waals surface area contributed by atoms with E-state index in [0.29, 0.717) is 22.3 Å². The zero-order valence-electron chi connectivity index (χ0n) is 41.6. The first-order valence-electron chi connectivity index (χ1n) is 23.4. The van der Waals surface area contributed by atoms with Gasteiger partial charge < -0.3 is 8.98 Å². The Morgan fingerprint density at radius 3 is 1.92 bits per heavy atom. The topological polar surface area (TPSA) is 56.7 Å². The van der Waals surface area contributed by atoms with Gasteiger partial charge in [0.25, 0.3) is 0 Å². The van der Waals surface area contributed by atoms with E-state index in [0.717, 1.165) is 15.3 Å². The zero-order chi connectivity index (χ0) is 46.9. The predicted molar refractivity (Wildman–Crippen MR) is 203 cm³/mol. The van der Waals surface area contributed by atoms with E-state index in [1.807, 2.05) is 30.3 Å². The Hall–Kier alpha value is -6.85. The third kappa shape index (κ3) is 4.67. The van der Waals surface area contributed by atoms with E-state index in [2.05, 4.69) is 9.97 Å². The highest BCUT2D eigenvalue weighted by Gasteiger charge is 2.16. The molecule has 234 valence electrons. The quantitative estimate of drug-likeness (QED) is 0.185. The summed E-state index contributed by atoms with van der Waals surface area (Å²) in [7, 11) is 0. The lowest BCUT2D eigenvalue weighted by molar-refractivity contribution is 0.669. The molecule has 0 saturated heterocycles. The first kappa shape index (κ1) is 16.5. The normalized spacial score (nSPS) is 16.1. The fraction of sp³-hybridized carbons (Fsp3) is 0. The van der Waals surface area contributed by atoms with Crippen LogP contribution in [-0.2, 0) is 0 Å². The molecule has 0 amide bonds. The molecule has 10 rings (SSSR count).